The van der Waals surface area contributed by atoms with E-state index in [1.54, 1.807) is 0 Å². The molecule has 0 bridgehead atoms. The van der Waals surface area contributed by atoms with Crippen molar-refractivity contribution in [2.75, 3.05) is 11.1 Å². The number of rotatable bonds is 5. The van der Waals surface area contributed by atoms with E-state index in [4.69, 9.17) is 5.73 Å². The van der Waals surface area contributed by atoms with Crippen LogP contribution in [0.2, 0.25) is 0 Å². The number of thioether (sulfide) groups is 1. The fourth-order valence-corrected chi connectivity index (χ4v) is 3.83. The van der Waals surface area contributed by atoms with E-state index in [2.05, 4.69) is 15.5 Å². The topological polar surface area (TPSA) is 80.9 Å². The van der Waals surface area contributed by atoms with E-state index in [0.29, 0.717) is 9.47 Å². The molecule has 0 saturated carbocycles. The number of aromatic nitrogens is 2. The number of nitrogens with two attached hydrogens (primary N) is 1. The highest BCUT2D eigenvalue weighted by Gasteiger charge is 2.23. The van der Waals surface area contributed by atoms with Crippen LogP contribution < -0.4 is 11.1 Å². The van der Waals surface area contributed by atoms with Gasteiger partial charge in [-0.05, 0) is 17.7 Å². The van der Waals surface area contributed by atoms with Gasteiger partial charge in [-0.3, -0.25) is 4.79 Å². The van der Waals surface area contributed by atoms with E-state index >= 15 is 0 Å². The number of hydrogen-bond donors (Lipinski definition) is 2. The molecule has 0 aliphatic heterocycles. The molecule has 0 radical (unpaired) electrons. The second kappa shape index (κ2) is 7.26. The van der Waals surface area contributed by atoms with Gasteiger partial charge in [0.2, 0.25) is 11.0 Å². The van der Waals surface area contributed by atoms with Gasteiger partial charge in [0.1, 0.15) is 5.25 Å². The lowest BCUT2D eigenvalue weighted by molar-refractivity contribution is -0.115. The zero-order chi connectivity index (χ0) is 16.1. The monoisotopic (exact) mass is 342 g/mol. The van der Waals surface area contributed by atoms with Crippen molar-refractivity contribution >= 4 is 39.8 Å². The van der Waals surface area contributed by atoms with Gasteiger partial charge in [0.25, 0.3) is 0 Å². The van der Waals surface area contributed by atoms with E-state index in [-0.39, 0.29) is 5.91 Å². The average Bonchev–Trinajstić information content (AvgIpc) is 2.99. The van der Waals surface area contributed by atoms with Crippen LogP contribution in [-0.2, 0) is 4.79 Å². The minimum absolute atomic E-state index is 0.110. The van der Waals surface area contributed by atoms with Crippen molar-refractivity contribution in [3.05, 3.63) is 66.2 Å². The normalized spacial score (nSPS) is 11.8. The third-order valence-electron chi connectivity index (χ3n) is 3.02. The quantitative estimate of drug-likeness (QED) is 0.693. The van der Waals surface area contributed by atoms with E-state index in [9.17, 15) is 4.79 Å². The van der Waals surface area contributed by atoms with Gasteiger partial charge >= 0.3 is 0 Å². The summed E-state index contributed by atoms with van der Waals surface area (Å²) >= 11 is 2.62. The van der Waals surface area contributed by atoms with Crippen LogP contribution in [0.15, 0.2) is 65.0 Å². The number of benzene rings is 2. The number of hydrogen-bond acceptors (Lipinski definition) is 6. The number of carbonyl (C=O) groups is 1. The summed E-state index contributed by atoms with van der Waals surface area (Å²) in [5.74, 6) is -0.110. The molecule has 2 aromatic carbocycles. The first-order valence-corrected chi connectivity index (χ1v) is 8.58. The highest BCUT2D eigenvalue weighted by atomic mass is 32.2. The van der Waals surface area contributed by atoms with Gasteiger partial charge in [-0.2, -0.15) is 0 Å². The number of amides is 1. The first-order valence-electron chi connectivity index (χ1n) is 6.89. The fraction of sp³-hybridized carbons (Fsp3) is 0.0625. The van der Waals surface area contributed by atoms with E-state index < -0.39 is 5.25 Å². The molecule has 3 N–H and O–H groups in total. The molecule has 5 nitrogen and oxygen atoms in total. The Balaban J connectivity index is 1.84. The SMILES string of the molecule is Nc1nnc(SC(C(=O)Nc2ccccc2)c2ccccc2)s1. The van der Waals surface area contributed by atoms with Gasteiger partial charge in [0.15, 0.2) is 4.34 Å². The zero-order valence-corrected chi connectivity index (χ0v) is 13.7. The lowest BCUT2D eigenvalue weighted by atomic mass is 10.1. The molecule has 7 heteroatoms. The molecule has 1 atom stereocenters. The van der Waals surface area contributed by atoms with Crippen molar-refractivity contribution in [2.45, 2.75) is 9.59 Å². The number of anilines is 2. The first-order chi connectivity index (χ1) is 11.2. The highest BCUT2D eigenvalue weighted by molar-refractivity contribution is 8.02. The Hall–Kier alpha value is -2.38. The van der Waals surface area contributed by atoms with Crippen molar-refractivity contribution < 1.29 is 4.79 Å². The summed E-state index contributed by atoms with van der Waals surface area (Å²) in [5, 5.41) is 10.7. The average molecular weight is 342 g/mol. The summed E-state index contributed by atoms with van der Waals surface area (Å²) in [6.07, 6.45) is 0. The molecular weight excluding hydrogens is 328 g/mol. The Morgan fingerprint density at radius 3 is 2.30 bits per heavy atom. The van der Waals surface area contributed by atoms with Crippen LogP contribution in [0, 0.1) is 0 Å². The molecule has 1 unspecified atom stereocenters. The van der Waals surface area contributed by atoms with Crippen LogP contribution in [0.4, 0.5) is 10.8 Å². The number of para-hydroxylation sites is 1. The van der Waals surface area contributed by atoms with Crippen LogP contribution in [0.25, 0.3) is 0 Å². The van der Waals surface area contributed by atoms with Crippen LogP contribution in [-0.4, -0.2) is 16.1 Å². The highest BCUT2D eigenvalue weighted by Crippen LogP contribution is 2.38. The molecule has 116 valence electrons. The molecule has 0 aliphatic rings. The number of nitrogens with one attached hydrogen (secondary N) is 1. The lowest BCUT2D eigenvalue weighted by Gasteiger charge is -2.15. The van der Waals surface area contributed by atoms with E-state index in [1.165, 1.54) is 23.1 Å². The largest absolute Gasteiger partial charge is 0.374 e. The predicted molar refractivity (Wildman–Crippen MR) is 94.4 cm³/mol. The summed E-state index contributed by atoms with van der Waals surface area (Å²) in [6.45, 7) is 0. The van der Waals surface area contributed by atoms with Crippen LogP contribution in [0.3, 0.4) is 0 Å². The van der Waals surface area contributed by atoms with Gasteiger partial charge in [0.05, 0.1) is 0 Å². The van der Waals surface area contributed by atoms with Crippen LogP contribution in [0.5, 0.6) is 0 Å². The minimum Gasteiger partial charge on any atom is -0.374 e. The Morgan fingerprint density at radius 2 is 1.70 bits per heavy atom. The molecule has 1 amide bonds. The Bertz CT molecular complexity index is 777. The van der Waals surface area contributed by atoms with Crippen molar-refractivity contribution in [2.24, 2.45) is 0 Å². The smallest absolute Gasteiger partial charge is 0.242 e. The lowest BCUT2D eigenvalue weighted by Crippen LogP contribution is -2.18. The Kier molecular flexibility index (Phi) is 4.89. The zero-order valence-electron chi connectivity index (χ0n) is 12.0. The third-order valence-corrected chi connectivity index (χ3v) is 5.11. The number of nitrogens with zero attached hydrogens (tertiary/aromatic N) is 2. The second-order valence-electron chi connectivity index (χ2n) is 4.67. The standard InChI is InChI=1S/C16H14N4OS2/c17-15-19-20-16(23-15)22-13(11-7-3-1-4-8-11)14(21)18-12-9-5-2-6-10-12/h1-10,13H,(H2,17,19)(H,18,21). The molecule has 0 aliphatic carbocycles. The minimum atomic E-state index is -0.427. The number of carbonyl (C=O) groups excluding carboxylic acids is 1. The molecule has 23 heavy (non-hydrogen) atoms. The molecule has 0 fully saturated rings. The molecular formula is C16H14N4OS2. The molecule has 0 spiro atoms. The van der Waals surface area contributed by atoms with Gasteiger partial charge in [0, 0.05) is 5.69 Å². The van der Waals surface area contributed by atoms with Crippen molar-refractivity contribution in [3.63, 3.8) is 0 Å². The summed E-state index contributed by atoms with van der Waals surface area (Å²) in [6, 6.07) is 19.0. The van der Waals surface area contributed by atoms with Crippen molar-refractivity contribution in [1.29, 1.82) is 0 Å². The Labute approximate surface area is 141 Å². The Morgan fingerprint density at radius 1 is 1.04 bits per heavy atom. The van der Waals surface area contributed by atoms with Gasteiger partial charge in [-0.1, -0.05) is 71.6 Å². The van der Waals surface area contributed by atoms with Crippen LogP contribution >= 0.6 is 23.1 Å². The summed E-state index contributed by atoms with van der Waals surface area (Å²) < 4.78 is 0.666. The third kappa shape index (κ3) is 4.08. The second-order valence-corrected chi connectivity index (χ2v) is 7.03. The van der Waals surface area contributed by atoms with E-state index in [0.717, 1.165) is 11.3 Å². The number of nitrogen functional groups attached to an aromatic ring is 1. The first kappa shape index (κ1) is 15.5. The van der Waals surface area contributed by atoms with Gasteiger partial charge in [-0.15, -0.1) is 10.2 Å². The molecule has 1 heterocycles. The molecule has 3 aromatic rings. The maximum Gasteiger partial charge on any atom is 0.242 e. The summed E-state index contributed by atoms with van der Waals surface area (Å²) in [7, 11) is 0. The van der Waals surface area contributed by atoms with Crippen molar-refractivity contribution in [1.82, 2.24) is 10.2 Å². The predicted octanol–water partition coefficient (Wildman–Crippen LogP) is 3.59. The summed E-state index contributed by atoms with van der Waals surface area (Å²) in [4.78, 5) is 12.7. The summed E-state index contributed by atoms with van der Waals surface area (Å²) in [5.41, 5.74) is 7.29. The van der Waals surface area contributed by atoms with Crippen molar-refractivity contribution in [3.8, 4) is 0 Å². The molecule has 3 rings (SSSR count). The molecule has 0 saturated heterocycles. The van der Waals surface area contributed by atoms with Gasteiger partial charge < -0.3 is 11.1 Å². The van der Waals surface area contributed by atoms with Crippen LogP contribution in [0.1, 0.15) is 10.8 Å². The fourth-order valence-electron chi connectivity index (χ4n) is 2.00. The van der Waals surface area contributed by atoms with E-state index in [1.807, 2.05) is 60.7 Å². The molecule has 1 aromatic heterocycles. The maximum absolute atomic E-state index is 12.7. The van der Waals surface area contributed by atoms with Gasteiger partial charge in [-0.25, -0.2) is 0 Å². The maximum atomic E-state index is 12.7.